The van der Waals surface area contributed by atoms with E-state index in [0.29, 0.717) is 39.3 Å². The van der Waals surface area contributed by atoms with E-state index in [1.807, 2.05) is 39.0 Å². The van der Waals surface area contributed by atoms with Gasteiger partial charge in [0.25, 0.3) is 0 Å². The molecule has 0 aromatic heterocycles. The molecule has 2 aliphatic rings. The molecule has 0 unspecified atom stereocenters. The Labute approximate surface area is 191 Å². The third-order valence-corrected chi connectivity index (χ3v) is 6.58. The molecule has 2 saturated heterocycles. The fraction of sp³-hybridized carbons (Fsp3) is 0.667. The lowest BCUT2D eigenvalue weighted by Gasteiger charge is -2.40. The maximum absolute atomic E-state index is 12.2. The highest BCUT2D eigenvalue weighted by atomic mass is 16.6. The van der Waals surface area contributed by atoms with Gasteiger partial charge < -0.3 is 24.4 Å². The van der Waals surface area contributed by atoms with Crippen molar-refractivity contribution in [3.63, 3.8) is 0 Å². The number of hydrogen-bond donors (Lipinski definition) is 1. The number of likely N-dealkylation sites (tertiary alicyclic amines) is 1. The van der Waals surface area contributed by atoms with Crippen molar-refractivity contribution in [3.8, 4) is 5.75 Å². The molecule has 32 heavy (non-hydrogen) atoms. The van der Waals surface area contributed by atoms with Crippen LogP contribution in [0.3, 0.4) is 0 Å². The number of β-amino-alcohol motifs (C(OH)–C–C–N with tert-alkyl or cyclic N) is 1. The van der Waals surface area contributed by atoms with Gasteiger partial charge in [-0.25, -0.2) is 4.79 Å². The number of rotatable bonds is 5. The largest absolute Gasteiger partial charge is 0.490 e. The van der Waals surface area contributed by atoms with Crippen LogP contribution in [0.15, 0.2) is 18.2 Å². The molecule has 0 radical (unpaired) electrons. The summed E-state index contributed by atoms with van der Waals surface area (Å²) in [7, 11) is 0. The van der Waals surface area contributed by atoms with Crippen LogP contribution < -0.4 is 4.74 Å². The van der Waals surface area contributed by atoms with Crippen LogP contribution in [-0.2, 0) is 9.53 Å². The molecule has 8 nitrogen and oxygen atoms in total. The number of carbonyl (C=O) groups is 2. The molecule has 0 aliphatic carbocycles. The third-order valence-electron chi connectivity index (χ3n) is 6.58. The number of hydrogen-bond acceptors (Lipinski definition) is 6. The smallest absolute Gasteiger partial charge is 0.409 e. The first-order valence-corrected chi connectivity index (χ1v) is 11.5. The van der Waals surface area contributed by atoms with E-state index in [9.17, 15) is 14.7 Å². The summed E-state index contributed by atoms with van der Waals surface area (Å²) in [5, 5.41) is 11.5. The number of amides is 2. The molecule has 0 saturated carbocycles. The van der Waals surface area contributed by atoms with Crippen molar-refractivity contribution in [1.29, 1.82) is 0 Å². The number of piperidine rings is 1. The van der Waals surface area contributed by atoms with Crippen LogP contribution in [0.5, 0.6) is 5.75 Å². The standard InChI is InChI=1S/C24H37N3O5/c1-5-31-23(29)25-10-8-21(9-11-25)27-13-12-26(20(4)28)15-24(30,16-27)17-32-22-7-6-18(2)19(3)14-22/h6-7,14,21,30H,5,8-13,15-17H2,1-4H3/t24-/m0/s1. The second-order valence-electron chi connectivity index (χ2n) is 9.09. The summed E-state index contributed by atoms with van der Waals surface area (Å²) in [4.78, 5) is 29.9. The van der Waals surface area contributed by atoms with E-state index < -0.39 is 5.60 Å². The van der Waals surface area contributed by atoms with Gasteiger partial charge in [-0.2, -0.15) is 0 Å². The van der Waals surface area contributed by atoms with E-state index in [1.165, 1.54) is 12.5 Å². The highest BCUT2D eigenvalue weighted by Gasteiger charge is 2.39. The Hall–Kier alpha value is -2.32. The van der Waals surface area contributed by atoms with Crippen molar-refractivity contribution < 1.29 is 24.2 Å². The van der Waals surface area contributed by atoms with Gasteiger partial charge in [0.1, 0.15) is 18.0 Å². The van der Waals surface area contributed by atoms with Crippen LogP contribution in [0.4, 0.5) is 4.79 Å². The number of benzene rings is 1. The van der Waals surface area contributed by atoms with Crippen LogP contribution in [-0.4, -0.2) is 95.9 Å². The third kappa shape index (κ3) is 6.13. The van der Waals surface area contributed by atoms with E-state index in [-0.39, 0.29) is 31.2 Å². The lowest BCUT2D eigenvalue weighted by Crippen LogP contribution is -2.55. The highest BCUT2D eigenvalue weighted by molar-refractivity contribution is 5.73. The summed E-state index contributed by atoms with van der Waals surface area (Å²) in [6.45, 7) is 11.1. The van der Waals surface area contributed by atoms with Crippen LogP contribution in [0.2, 0.25) is 0 Å². The lowest BCUT2D eigenvalue weighted by molar-refractivity contribution is -0.132. The van der Waals surface area contributed by atoms with Gasteiger partial charge in [-0.05, 0) is 56.9 Å². The Morgan fingerprint density at radius 3 is 2.41 bits per heavy atom. The average molecular weight is 448 g/mol. The quantitative estimate of drug-likeness (QED) is 0.745. The van der Waals surface area contributed by atoms with E-state index >= 15 is 0 Å². The van der Waals surface area contributed by atoms with Gasteiger partial charge in [0.2, 0.25) is 5.91 Å². The predicted octanol–water partition coefficient (Wildman–Crippen LogP) is 2.20. The molecule has 1 atom stereocenters. The van der Waals surface area contributed by atoms with Gasteiger partial charge in [-0.1, -0.05) is 6.07 Å². The molecule has 2 aliphatic heterocycles. The normalized spacial score (nSPS) is 23.0. The molecule has 8 heteroatoms. The van der Waals surface area contributed by atoms with Gasteiger partial charge in [0.05, 0.1) is 13.2 Å². The van der Waals surface area contributed by atoms with Crippen molar-refractivity contribution in [2.24, 2.45) is 0 Å². The molecule has 178 valence electrons. The number of aryl methyl sites for hydroxylation is 2. The first kappa shape index (κ1) is 24.3. The maximum Gasteiger partial charge on any atom is 0.409 e. The van der Waals surface area contributed by atoms with E-state index in [1.54, 1.807) is 9.80 Å². The van der Waals surface area contributed by atoms with Crippen LogP contribution >= 0.6 is 0 Å². The SMILES string of the molecule is CCOC(=O)N1CCC(N2CCN(C(C)=O)C[C@@](O)(COc3ccc(C)c(C)c3)C2)CC1. The van der Waals surface area contributed by atoms with E-state index in [2.05, 4.69) is 4.90 Å². The zero-order chi connectivity index (χ0) is 23.3. The van der Waals surface area contributed by atoms with Crippen molar-refractivity contribution in [1.82, 2.24) is 14.7 Å². The fourth-order valence-corrected chi connectivity index (χ4v) is 4.51. The number of aliphatic hydroxyl groups is 1. The molecule has 1 N–H and O–H groups in total. The number of carbonyl (C=O) groups excluding carboxylic acids is 2. The molecule has 2 fully saturated rings. The molecule has 3 rings (SSSR count). The molecule has 2 amide bonds. The van der Waals surface area contributed by atoms with Crippen LogP contribution in [0.1, 0.15) is 37.8 Å². The topological polar surface area (TPSA) is 82.6 Å². The van der Waals surface area contributed by atoms with E-state index in [4.69, 9.17) is 9.47 Å². The summed E-state index contributed by atoms with van der Waals surface area (Å²) in [6.07, 6.45) is 1.36. The summed E-state index contributed by atoms with van der Waals surface area (Å²) in [5.41, 5.74) is 1.14. The molecule has 1 aromatic carbocycles. The summed E-state index contributed by atoms with van der Waals surface area (Å²) < 4.78 is 11.1. The van der Waals surface area contributed by atoms with Gasteiger partial charge in [0.15, 0.2) is 0 Å². The van der Waals surface area contributed by atoms with Crippen LogP contribution in [0.25, 0.3) is 0 Å². The first-order chi connectivity index (χ1) is 15.2. The Kier molecular flexibility index (Phi) is 8.00. The molecule has 0 bridgehead atoms. The van der Waals surface area contributed by atoms with Gasteiger partial charge in [0, 0.05) is 45.7 Å². The molecule has 1 aromatic rings. The Morgan fingerprint density at radius 2 is 1.78 bits per heavy atom. The van der Waals surface area contributed by atoms with Crippen molar-refractivity contribution in [2.75, 3.05) is 52.5 Å². The van der Waals surface area contributed by atoms with Crippen molar-refractivity contribution >= 4 is 12.0 Å². The van der Waals surface area contributed by atoms with Gasteiger partial charge >= 0.3 is 6.09 Å². The number of ether oxygens (including phenoxy) is 2. The summed E-state index contributed by atoms with van der Waals surface area (Å²) in [6, 6.07) is 6.13. The lowest BCUT2D eigenvalue weighted by atomic mass is 9.99. The van der Waals surface area contributed by atoms with Crippen molar-refractivity contribution in [2.45, 2.75) is 52.2 Å². The zero-order valence-electron chi connectivity index (χ0n) is 19.8. The zero-order valence-corrected chi connectivity index (χ0v) is 19.8. The molecule has 0 spiro atoms. The first-order valence-electron chi connectivity index (χ1n) is 11.5. The predicted molar refractivity (Wildman–Crippen MR) is 122 cm³/mol. The van der Waals surface area contributed by atoms with Gasteiger partial charge in [-0.15, -0.1) is 0 Å². The Bertz CT molecular complexity index is 809. The Balaban J connectivity index is 1.67. The summed E-state index contributed by atoms with van der Waals surface area (Å²) in [5.74, 6) is 0.669. The second-order valence-corrected chi connectivity index (χ2v) is 9.09. The second kappa shape index (κ2) is 10.5. The van der Waals surface area contributed by atoms with Gasteiger partial charge in [-0.3, -0.25) is 9.69 Å². The maximum atomic E-state index is 12.2. The van der Waals surface area contributed by atoms with E-state index in [0.717, 1.165) is 24.2 Å². The Morgan fingerprint density at radius 1 is 1.06 bits per heavy atom. The minimum absolute atomic E-state index is 0.0476. The monoisotopic (exact) mass is 447 g/mol. The van der Waals surface area contributed by atoms with Crippen LogP contribution in [0, 0.1) is 13.8 Å². The fourth-order valence-electron chi connectivity index (χ4n) is 4.51. The minimum Gasteiger partial charge on any atom is -0.490 e. The highest BCUT2D eigenvalue weighted by Crippen LogP contribution is 2.24. The van der Waals surface area contributed by atoms with Crippen molar-refractivity contribution in [3.05, 3.63) is 29.3 Å². The molecule has 2 heterocycles. The summed E-state index contributed by atoms with van der Waals surface area (Å²) >= 11 is 0. The molecular formula is C24H37N3O5. The number of nitrogens with zero attached hydrogens (tertiary/aromatic N) is 3. The molecular weight excluding hydrogens is 410 g/mol. The minimum atomic E-state index is -1.18. The average Bonchev–Trinajstić information content (AvgIpc) is 2.95.